The van der Waals surface area contributed by atoms with Crippen LogP contribution in [0.25, 0.3) is 0 Å². The summed E-state index contributed by atoms with van der Waals surface area (Å²) in [7, 11) is 0. The molecule has 2 N–H and O–H groups in total. The number of rotatable bonds is 0. The average molecular weight is 186 g/mol. The zero-order valence-corrected chi connectivity index (χ0v) is 8.20. The minimum atomic E-state index is -0.722. The smallest absolute Gasteiger partial charge is 0.139 e. The van der Waals surface area contributed by atoms with Gasteiger partial charge in [0.25, 0.3) is 0 Å². The average Bonchev–Trinajstić information content (AvgIpc) is 2.13. The summed E-state index contributed by atoms with van der Waals surface area (Å²) in [5, 5.41) is 23.7. The molecule has 0 amide bonds. The van der Waals surface area contributed by atoms with Crippen LogP contribution >= 0.6 is 0 Å². The lowest BCUT2D eigenvalue weighted by Crippen LogP contribution is -2.31. The maximum absolute atomic E-state index is 8.75. The molecule has 1 heterocycles. The van der Waals surface area contributed by atoms with E-state index >= 15 is 0 Å². The number of ether oxygens (including phenoxy) is 1. The van der Waals surface area contributed by atoms with E-state index < -0.39 is 11.2 Å². The van der Waals surface area contributed by atoms with Gasteiger partial charge in [-0.2, -0.15) is 0 Å². The molecule has 1 saturated heterocycles. The Morgan fingerprint density at radius 1 is 0.923 bits per heavy atom. The molecule has 0 saturated carbocycles. The number of hydrogen-bond acceptors (Lipinski definition) is 5. The molecule has 0 aliphatic carbocycles. The van der Waals surface area contributed by atoms with E-state index in [2.05, 4.69) is 10.3 Å². The van der Waals surface area contributed by atoms with Crippen LogP contribution in [0.5, 0.6) is 0 Å². The van der Waals surface area contributed by atoms with Crippen molar-refractivity contribution >= 4 is 11.4 Å². The third-order valence-corrected chi connectivity index (χ3v) is 2.08. The molecule has 5 heteroatoms. The van der Waals surface area contributed by atoms with E-state index in [9.17, 15) is 0 Å². The molecule has 1 fully saturated rings. The second kappa shape index (κ2) is 2.70. The highest BCUT2D eigenvalue weighted by molar-refractivity contribution is 6.49. The Labute approximate surface area is 76.7 Å². The Balaban J connectivity index is 3.23. The van der Waals surface area contributed by atoms with E-state index in [1.54, 1.807) is 27.7 Å². The van der Waals surface area contributed by atoms with Gasteiger partial charge in [0, 0.05) is 0 Å². The van der Waals surface area contributed by atoms with Gasteiger partial charge in [-0.1, -0.05) is 10.3 Å². The Bertz CT molecular complexity index is 251. The fraction of sp³-hybridized carbons (Fsp3) is 0.750. The Kier molecular flexibility index (Phi) is 2.07. The lowest BCUT2D eigenvalue weighted by molar-refractivity contribution is -0.0284. The van der Waals surface area contributed by atoms with Crippen molar-refractivity contribution < 1.29 is 15.2 Å². The lowest BCUT2D eigenvalue weighted by Gasteiger charge is -2.21. The van der Waals surface area contributed by atoms with Crippen LogP contribution in [-0.2, 0) is 4.74 Å². The molecule has 1 aliphatic heterocycles. The first-order valence-corrected chi connectivity index (χ1v) is 4.01. The normalized spacial score (nSPS) is 31.4. The molecule has 5 nitrogen and oxygen atoms in total. The van der Waals surface area contributed by atoms with Crippen molar-refractivity contribution in [3.05, 3.63) is 0 Å². The first-order valence-electron chi connectivity index (χ1n) is 4.01. The molecule has 0 unspecified atom stereocenters. The molecule has 1 aliphatic rings. The monoisotopic (exact) mass is 186 g/mol. The van der Waals surface area contributed by atoms with E-state index in [1.165, 1.54) is 0 Å². The Morgan fingerprint density at radius 3 is 1.46 bits per heavy atom. The molecule has 0 bridgehead atoms. The highest BCUT2D eigenvalue weighted by atomic mass is 16.5. The Hall–Kier alpha value is -1.10. The first kappa shape index (κ1) is 9.98. The molecule has 0 aromatic heterocycles. The zero-order valence-electron chi connectivity index (χ0n) is 8.20. The molecular weight excluding hydrogens is 172 g/mol. The van der Waals surface area contributed by atoms with Crippen LogP contribution in [0.15, 0.2) is 10.3 Å². The summed E-state index contributed by atoms with van der Waals surface area (Å²) in [5.74, 6) is 0. The van der Waals surface area contributed by atoms with Gasteiger partial charge in [-0.05, 0) is 27.7 Å². The second-order valence-electron chi connectivity index (χ2n) is 4.02. The van der Waals surface area contributed by atoms with Crippen molar-refractivity contribution in [1.82, 2.24) is 0 Å². The summed E-state index contributed by atoms with van der Waals surface area (Å²) in [6.07, 6.45) is 0. The van der Waals surface area contributed by atoms with Gasteiger partial charge >= 0.3 is 0 Å². The van der Waals surface area contributed by atoms with E-state index in [0.29, 0.717) is 0 Å². The zero-order chi connectivity index (χ0) is 10.3. The first-order chi connectivity index (χ1) is 5.85. The van der Waals surface area contributed by atoms with Crippen LogP contribution in [0.4, 0.5) is 0 Å². The van der Waals surface area contributed by atoms with Gasteiger partial charge in [0.1, 0.15) is 22.6 Å². The summed E-state index contributed by atoms with van der Waals surface area (Å²) in [6.45, 7) is 7.01. The lowest BCUT2D eigenvalue weighted by atomic mass is 9.96. The van der Waals surface area contributed by atoms with E-state index in [1.807, 2.05) is 0 Å². The third-order valence-electron chi connectivity index (χ3n) is 2.08. The van der Waals surface area contributed by atoms with Gasteiger partial charge in [0.05, 0.1) is 0 Å². The molecule has 0 aromatic rings. The second-order valence-corrected chi connectivity index (χ2v) is 4.02. The van der Waals surface area contributed by atoms with Crippen LogP contribution in [0, 0.1) is 0 Å². The summed E-state index contributed by atoms with van der Waals surface area (Å²) >= 11 is 0. The van der Waals surface area contributed by atoms with Gasteiger partial charge < -0.3 is 15.2 Å². The predicted octanol–water partition coefficient (Wildman–Crippen LogP) is 1.23. The maximum atomic E-state index is 8.75. The van der Waals surface area contributed by atoms with Crippen LogP contribution in [0.1, 0.15) is 27.7 Å². The third kappa shape index (κ3) is 1.39. The standard InChI is InChI=1S/C8H14N2O3/c1-7(2)5(9-11)6(10-12)8(3,4)13-7/h11-12H,1-4H3. The minimum Gasteiger partial charge on any atom is -0.410 e. The molecule has 0 spiro atoms. The molecule has 0 aromatic carbocycles. The quantitative estimate of drug-likeness (QED) is 0.441. The van der Waals surface area contributed by atoms with E-state index in [-0.39, 0.29) is 11.4 Å². The van der Waals surface area contributed by atoms with Crippen molar-refractivity contribution in [2.24, 2.45) is 10.3 Å². The highest BCUT2D eigenvalue weighted by Crippen LogP contribution is 2.32. The van der Waals surface area contributed by atoms with E-state index in [4.69, 9.17) is 15.2 Å². The summed E-state index contributed by atoms with van der Waals surface area (Å²) < 4.78 is 5.56. The highest BCUT2D eigenvalue weighted by Gasteiger charge is 2.50. The molecule has 13 heavy (non-hydrogen) atoms. The predicted molar refractivity (Wildman–Crippen MR) is 47.7 cm³/mol. The summed E-state index contributed by atoms with van der Waals surface area (Å²) in [5.41, 5.74) is -0.917. The van der Waals surface area contributed by atoms with Crippen LogP contribution < -0.4 is 0 Å². The number of hydrogen-bond donors (Lipinski definition) is 2. The van der Waals surface area contributed by atoms with Crippen molar-refractivity contribution in [1.29, 1.82) is 0 Å². The SMILES string of the molecule is CC1(C)OC(C)(C)C(=NO)C1=NO. The fourth-order valence-electron chi connectivity index (χ4n) is 1.64. The van der Waals surface area contributed by atoms with Crippen LogP contribution in [0.3, 0.4) is 0 Å². The molecule has 1 rings (SSSR count). The molecule has 0 radical (unpaired) electrons. The van der Waals surface area contributed by atoms with E-state index in [0.717, 1.165) is 0 Å². The topological polar surface area (TPSA) is 74.4 Å². The Morgan fingerprint density at radius 2 is 1.23 bits per heavy atom. The number of nitrogens with zero attached hydrogens (tertiary/aromatic N) is 2. The number of oxime groups is 2. The van der Waals surface area contributed by atoms with Gasteiger partial charge in [-0.15, -0.1) is 0 Å². The van der Waals surface area contributed by atoms with Gasteiger partial charge in [-0.3, -0.25) is 0 Å². The molecule has 74 valence electrons. The van der Waals surface area contributed by atoms with Crippen LogP contribution in [-0.4, -0.2) is 33.0 Å². The summed E-state index contributed by atoms with van der Waals surface area (Å²) in [4.78, 5) is 0. The van der Waals surface area contributed by atoms with Crippen molar-refractivity contribution in [2.75, 3.05) is 0 Å². The maximum Gasteiger partial charge on any atom is 0.139 e. The van der Waals surface area contributed by atoms with Crippen molar-refractivity contribution in [3.8, 4) is 0 Å². The van der Waals surface area contributed by atoms with Crippen LogP contribution in [0.2, 0.25) is 0 Å². The largest absolute Gasteiger partial charge is 0.410 e. The summed E-state index contributed by atoms with van der Waals surface area (Å²) in [6, 6.07) is 0. The van der Waals surface area contributed by atoms with Gasteiger partial charge in [-0.25, -0.2) is 0 Å². The van der Waals surface area contributed by atoms with Gasteiger partial charge in [0.15, 0.2) is 0 Å². The minimum absolute atomic E-state index is 0.264. The van der Waals surface area contributed by atoms with Crippen molar-refractivity contribution in [2.45, 2.75) is 38.9 Å². The van der Waals surface area contributed by atoms with Crippen molar-refractivity contribution in [3.63, 3.8) is 0 Å². The molecule has 0 atom stereocenters. The van der Waals surface area contributed by atoms with Gasteiger partial charge in [0.2, 0.25) is 0 Å². The fourth-order valence-corrected chi connectivity index (χ4v) is 1.64. The molecular formula is C8H14N2O3.